The van der Waals surface area contributed by atoms with Gasteiger partial charge in [-0.25, -0.2) is 0 Å². The Morgan fingerprint density at radius 1 is 0.765 bits per heavy atom. The topological polar surface area (TPSA) is 0 Å². The molecule has 86 valence electrons. The molecule has 3 aromatic rings. The van der Waals surface area contributed by atoms with Gasteiger partial charge in [0.2, 0.25) is 0 Å². The van der Waals surface area contributed by atoms with Crippen LogP contribution in [0.2, 0.25) is 0 Å². The van der Waals surface area contributed by atoms with Crippen LogP contribution in [0.15, 0.2) is 35.0 Å². The predicted molar refractivity (Wildman–Crippen MR) is 80.4 cm³/mol. The summed E-state index contributed by atoms with van der Waals surface area (Å²) in [4.78, 5) is 5.62. The lowest BCUT2D eigenvalue weighted by Crippen LogP contribution is -1.77. The first-order chi connectivity index (χ1) is 8.27. The van der Waals surface area contributed by atoms with Crippen LogP contribution in [-0.2, 0) is 0 Å². The van der Waals surface area contributed by atoms with Crippen LogP contribution in [0, 0.1) is 13.8 Å². The fourth-order valence-electron chi connectivity index (χ4n) is 2.12. The summed E-state index contributed by atoms with van der Waals surface area (Å²) in [6, 6.07) is 8.70. The lowest BCUT2D eigenvalue weighted by atomic mass is 10.1. The second-order valence-electron chi connectivity index (χ2n) is 3.92. The van der Waals surface area contributed by atoms with Crippen molar-refractivity contribution >= 4 is 34.0 Å². The summed E-state index contributed by atoms with van der Waals surface area (Å²) >= 11 is 5.56. The van der Waals surface area contributed by atoms with E-state index in [1.165, 1.54) is 30.6 Å². The smallest absolute Gasteiger partial charge is 0.0360 e. The van der Waals surface area contributed by atoms with E-state index in [0.29, 0.717) is 0 Å². The highest BCUT2D eigenvalue weighted by Crippen LogP contribution is 2.45. The molecule has 3 rings (SSSR count). The quantitative estimate of drug-likeness (QED) is 0.553. The molecular weight excluding hydrogens is 264 g/mol. The second kappa shape index (κ2) is 4.41. The normalized spacial score (nSPS) is 10.9. The van der Waals surface area contributed by atoms with Gasteiger partial charge >= 0.3 is 0 Å². The first kappa shape index (κ1) is 11.2. The fraction of sp³-hybridized carbons (Fsp3) is 0.143. The van der Waals surface area contributed by atoms with E-state index in [2.05, 4.69) is 48.9 Å². The number of rotatable bonds is 2. The zero-order valence-electron chi connectivity index (χ0n) is 9.69. The van der Waals surface area contributed by atoms with Crippen molar-refractivity contribution in [2.75, 3.05) is 0 Å². The van der Waals surface area contributed by atoms with Gasteiger partial charge in [-0.1, -0.05) is 12.1 Å². The standard InChI is InChI=1S/C14H12S3/c1-9-13(11-5-3-7-15-11)14(10(2)17-9)12-6-4-8-16-12/h3-8H,1-2H3. The maximum Gasteiger partial charge on any atom is 0.0360 e. The Hall–Kier alpha value is -0.900. The van der Waals surface area contributed by atoms with Crippen LogP contribution in [0.4, 0.5) is 0 Å². The van der Waals surface area contributed by atoms with Gasteiger partial charge in [-0.15, -0.1) is 34.0 Å². The third-order valence-corrected chi connectivity index (χ3v) is 5.59. The van der Waals surface area contributed by atoms with E-state index in [-0.39, 0.29) is 0 Å². The van der Waals surface area contributed by atoms with Crippen LogP contribution in [0.25, 0.3) is 20.9 Å². The van der Waals surface area contributed by atoms with Gasteiger partial charge in [0.05, 0.1) is 0 Å². The Balaban J connectivity index is 2.28. The van der Waals surface area contributed by atoms with E-state index in [1.54, 1.807) is 0 Å². The molecule has 0 aliphatic heterocycles. The molecule has 0 radical (unpaired) electrons. The molecule has 0 nitrogen and oxygen atoms in total. The highest BCUT2D eigenvalue weighted by atomic mass is 32.1. The van der Waals surface area contributed by atoms with Gasteiger partial charge in [0.25, 0.3) is 0 Å². The number of thiophene rings is 3. The van der Waals surface area contributed by atoms with Crippen LogP contribution >= 0.6 is 34.0 Å². The molecule has 0 N–H and O–H groups in total. The van der Waals surface area contributed by atoms with Crippen LogP contribution in [0.3, 0.4) is 0 Å². The minimum Gasteiger partial charge on any atom is -0.145 e. The van der Waals surface area contributed by atoms with Crippen molar-refractivity contribution in [3.05, 3.63) is 44.8 Å². The average molecular weight is 276 g/mol. The summed E-state index contributed by atoms with van der Waals surface area (Å²) in [5, 5.41) is 4.31. The van der Waals surface area contributed by atoms with Crippen molar-refractivity contribution in [1.29, 1.82) is 0 Å². The van der Waals surface area contributed by atoms with Gasteiger partial charge in [0, 0.05) is 30.6 Å². The minimum atomic E-state index is 1.38. The van der Waals surface area contributed by atoms with Crippen molar-refractivity contribution in [2.24, 2.45) is 0 Å². The van der Waals surface area contributed by atoms with E-state index in [1.807, 2.05) is 34.0 Å². The lowest BCUT2D eigenvalue weighted by molar-refractivity contribution is 1.60. The summed E-state index contributed by atoms with van der Waals surface area (Å²) in [6.07, 6.45) is 0. The van der Waals surface area contributed by atoms with E-state index < -0.39 is 0 Å². The molecule has 0 saturated carbocycles. The van der Waals surface area contributed by atoms with E-state index in [9.17, 15) is 0 Å². The molecule has 0 amide bonds. The van der Waals surface area contributed by atoms with E-state index in [4.69, 9.17) is 0 Å². The Labute approximate surface area is 113 Å². The van der Waals surface area contributed by atoms with Crippen LogP contribution in [0.5, 0.6) is 0 Å². The molecule has 3 heteroatoms. The number of aryl methyl sites for hydroxylation is 2. The van der Waals surface area contributed by atoms with E-state index in [0.717, 1.165) is 0 Å². The monoisotopic (exact) mass is 276 g/mol. The molecule has 0 aliphatic rings. The zero-order chi connectivity index (χ0) is 11.8. The first-order valence-corrected chi connectivity index (χ1v) is 8.02. The molecule has 3 heterocycles. The average Bonchev–Trinajstić information content (AvgIpc) is 2.98. The van der Waals surface area contributed by atoms with Gasteiger partial charge in [-0.05, 0) is 36.7 Å². The molecule has 0 spiro atoms. The molecule has 0 aromatic carbocycles. The zero-order valence-corrected chi connectivity index (χ0v) is 12.1. The Morgan fingerprint density at radius 3 is 1.59 bits per heavy atom. The summed E-state index contributed by atoms with van der Waals surface area (Å²) in [5.74, 6) is 0. The van der Waals surface area contributed by atoms with E-state index >= 15 is 0 Å². The molecular formula is C14H12S3. The molecule has 0 fully saturated rings. The number of hydrogen-bond donors (Lipinski definition) is 0. The first-order valence-electron chi connectivity index (χ1n) is 5.45. The molecule has 0 unspecified atom stereocenters. The Bertz CT molecular complexity index is 558. The third-order valence-electron chi connectivity index (χ3n) is 2.80. The summed E-state index contributed by atoms with van der Waals surface area (Å²) in [5.41, 5.74) is 2.87. The fourth-order valence-corrected chi connectivity index (χ4v) is 5.00. The SMILES string of the molecule is Cc1sc(C)c(-c2cccs2)c1-c1cccs1. The summed E-state index contributed by atoms with van der Waals surface area (Å²) in [6.45, 7) is 4.45. The highest BCUT2D eigenvalue weighted by molar-refractivity contribution is 7.17. The Kier molecular flexibility index (Phi) is 2.90. The van der Waals surface area contributed by atoms with Crippen LogP contribution < -0.4 is 0 Å². The number of hydrogen-bond acceptors (Lipinski definition) is 3. The van der Waals surface area contributed by atoms with Gasteiger partial charge in [0.15, 0.2) is 0 Å². The maximum atomic E-state index is 2.23. The van der Waals surface area contributed by atoms with Crippen molar-refractivity contribution in [2.45, 2.75) is 13.8 Å². The summed E-state index contributed by atoms with van der Waals surface area (Å²) in [7, 11) is 0. The van der Waals surface area contributed by atoms with Crippen molar-refractivity contribution in [1.82, 2.24) is 0 Å². The molecule has 0 bridgehead atoms. The predicted octanol–water partition coefficient (Wildman–Crippen LogP) is 5.82. The molecule has 17 heavy (non-hydrogen) atoms. The van der Waals surface area contributed by atoms with Crippen molar-refractivity contribution < 1.29 is 0 Å². The maximum absolute atomic E-state index is 2.23. The largest absolute Gasteiger partial charge is 0.145 e. The molecule has 0 atom stereocenters. The van der Waals surface area contributed by atoms with Gasteiger partial charge in [0.1, 0.15) is 0 Å². The molecule has 0 saturated heterocycles. The molecule has 0 aliphatic carbocycles. The van der Waals surface area contributed by atoms with Crippen LogP contribution in [-0.4, -0.2) is 0 Å². The van der Waals surface area contributed by atoms with Gasteiger partial charge < -0.3 is 0 Å². The van der Waals surface area contributed by atoms with Gasteiger partial charge in [-0.2, -0.15) is 0 Å². The van der Waals surface area contributed by atoms with Gasteiger partial charge in [-0.3, -0.25) is 0 Å². The van der Waals surface area contributed by atoms with Crippen molar-refractivity contribution in [3.63, 3.8) is 0 Å². The van der Waals surface area contributed by atoms with Crippen molar-refractivity contribution in [3.8, 4) is 20.9 Å². The highest BCUT2D eigenvalue weighted by Gasteiger charge is 2.17. The lowest BCUT2D eigenvalue weighted by Gasteiger charge is -2.02. The Morgan fingerprint density at radius 2 is 1.24 bits per heavy atom. The molecule has 3 aromatic heterocycles. The van der Waals surface area contributed by atoms with Crippen LogP contribution in [0.1, 0.15) is 9.75 Å². The third kappa shape index (κ3) is 1.88. The minimum absolute atomic E-state index is 1.38. The second-order valence-corrected chi connectivity index (χ2v) is 7.24. The summed E-state index contributed by atoms with van der Waals surface area (Å²) < 4.78 is 0.